The number of aromatic nitrogens is 4. The molecule has 1 aliphatic carbocycles. The van der Waals surface area contributed by atoms with Crippen molar-refractivity contribution in [3.8, 4) is 67.5 Å². The number of aliphatic hydroxyl groups is 2. The van der Waals surface area contributed by atoms with Gasteiger partial charge in [0.25, 0.3) is 0 Å². The maximum atomic E-state index is 12.9. The maximum Gasteiger partial charge on any atom is 0.143 e. The number of H-pyrrole nitrogens is 2. The third-order valence-corrected chi connectivity index (χ3v) is 11.6. The lowest BCUT2D eigenvalue weighted by molar-refractivity contribution is -0.0809. The molecule has 0 saturated carbocycles. The number of fused-ring (bicyclic) bond motifs is 10. The Bertz CT molecular complexity index is 2990. The van der Waals surface area contributed by atoms with Crippen LogP contribution in [0.2, 0.25) is 0 Å². The van der Waals surface area contributed by atoms with Gasteiger partial charge in [0.1, 0.15) is 34.7 Å². The van der Waals surface area contributed by atoms with Gasteiger partial charge in [0.15, 0.2) is 0 Å². The van der Waals surface area contributed by atoms with E-state index in [0.717, 1.165) is 83.9 Å². The van der Waals surface area contributed by atoms with Gasteiger partial charge >= 0.3 is 0 Å². The lowest BCUT2D eigenvalue weighted by atomic mass is 9.75. The highest BCUT2D eigenvalue weighted by Gasteiger charge is 2.50. The molecule has 2 atom stereocenters. The molecule has 3 aromatic heterocycles. The zero-order chi connectivity index (χ0) is 40.4. The van der Waals surface area contributed by atoms with Crippen LogP contribution in [0.4, 0.5) is 0 Å². The van der Waals surface area contributed by atoms with Gasteiger partial charge in [-0.05, 0) is 113 Å². The predicted molar refractivity (Wildman–Crippen MR) is 230 cm³/mol. The van der Waals surface area contributed by atoms with E-state index < -0.39 is 11.7 Å². The summed E-state index contributed by atoms with van der Waals surface area (Å²) >= 11 is 0. The molecule has 8 bridgehead atoms. The average molecular weight is 781 g/mol. The normalized spacial score (nSPS) is 16.4. The van der Waals surface area contributed by atoms with E-state index in [4.69, 9.17) is 28.9 Å². The van der Waals surface area contributed by atoms with Gasteiger partial charge in [-0.3, -0.25) is 4.98 Å². The third kappa shape index (κ3) is 5.87. The fourth-order valence-corrected chi connectivity index (χ4v) is 8.68. The highest BCUT2D eigenvalue weighted by molar-refractivity contribution is 5.98. The lowest BCUT2D eigenvalue weighted by Crippen LogP contribution is -2.36. The molecule has 292 valence electrons. The Hall–Kier alpha value is -7.14. The highest BCUT2D eigenvalue weighted by atomic mass is 16.5. The summed E-state index contributed by atoms with van der Waals surface area (Å²) in [4.78, 5) is 18.2. The Morgan fingerprint density at radius 1 is 0.525 bits per heavy atom. The average Bonchev–Trinajstić information content (AvgIpc) is 4.11. The van der Waals surface area contributed by atoms with Gasteiger partial charge in [-0.1, -0.05) is 42.5 Å². The lowest BCUT2D eigenvalue weighted by Gasteiger charge is -2.35. The predicted octanol–water partition coefficient (Wildman–Crippen LogP) is 9.66. The van der Waals surface area contributed by atoms with Crippen molar-refractivity contribution in [1.29, 1.82) is 0 Å². The molecular weight excluding hydrogens is 741 g/mol. The van der Waals surface area contributed by atoms with E-state index in [0.29, 0.717) is 34.0 Å². The molecule has 10 nitrogen and oxygen atoms in total. The van der Waals surface area contributed by atoms with E-state index in [1.165, 1.54) is 0 Å². The van der Waals surface area contributed by atoms with Gasteiger partial charge in [-0.2, -0.15) is 0 Å². The molecule has 0 fully saturated rings. The van der Waals surface area contributed by atoms with E-state index in [1.807, 2.05) is 109 Å². The zero-order valence-corrected chi connectivity index (χ0v) is 32.8. The number of rotatable bonds is 7. The largest absolute Gasteiger partial charge is 0.497 e. The van der Waals surface area contributed by atoms with E-state index in [9.17, 15) is 10.2 Å². The second kappa shape index (κ2) is 14.1. The molecule has 0 saturated heterocycles. The van der Waals surface area contributed by atoms with Crippen LogP contribution in [0.1, 0.15) is 34.4 Å². The number of hydrogen-bond donors (Lipinski definition) is 4. The van der Waals surface area contributed by atoms with Crippen molar-refractivity contribution in [2.75, 3.05) is 28.4 Å². The van der Waals surface area contributed by atoms with Crippen molar-refractivity contribution in [2.45, 2.75) is 18.1 Å². The highest BCUT2D eigenvalue weighted by Crippen LogP contribution is 2.53. The fraction of sp³-hybridized carbons (Fsp3) is 0.143. The second-order valence-electron chi connectivity index (χ2n) is 14.8. The quantitative estimate of drug-likeness (QED) is 0.126. The van der Waals surface area contributed by atoms with Gasteiger partial charge in [-0.25, -0.2) is 4.98 Å². The first-order valence-corrected chi connectivity index (χ1v) is 19.3. The Morgan fingerprint density at radius 2 is 0.949 bits per heavy atom. The molecule has 7 aromatic rings. The standard InChI is InChI=1S/C49H40N4O6/c1-56-30-11-5-27(6-12-30)43-36-19-20-37(50-36)44(28-7-13-31(57-2)14-8-28)39-23-24-41(52-39)46-34-18-17-33(59-4)25-35(34)48(54)49(55)26-42(53-47(46)49)45(40-22-21-38(43)51-40)29-9-15-32(58-3)16-10-29/h5-25,48,51-52,54-55H,26H2,1-4H3. The molecule has 10 rings (SSSR count). The summed E-state index contributed by atoms with van der Waals surface area (Å²) in [6.07, 6.45) is 2.84. The monoisotopic (exact) mass is 780 g/mol. The number of nitrogens with one attached hydrogen (secondary N) is 2. The van der Waals surface area contributed by atoms with Gasteiger partial charge in [-0.15, -0.1) is 0 Å². The Morgan fingerprint density at radius 3 is 1.42 bits per heavy atom. The summed E-state index contributed by atoms with van der Waals surface area (Å²) in [5, 5.41) is 25.1. The van der Waals surface area contributed by atoms with Crippen molar-refractivity contribution >= 4 is 34.2 Å². The first-order valence-electron chi connectivity index (χ1n) is 19.3. The first kappa shape index (κ1) is 36.2. The number of benzene rings is 4. The van der Waals surface area contributed by atoms with Crippen LogP contribution < -0.4 is 18.9 Å². The Balaban J connectivity index is 1.39. The van der Waals surface area contributed by atoms with Crippen LogP contribution >= 0.6 is 0 Å². The number of aliphatic hydroxyl groups excluding tert-OH is 1. The van der Waals surface area contributed by atoms with Gasteiger partial charge < -0.3 is 39.1 Å². The topological polar surface area (TPSA) is 135 Å². The number of hydrogen-bond acceptors (Lipinski definition) is 8. The number of aromatic amines is 2. The van der Waals surface area contributed by atoms with Crippen LogP contribution in [-0.2, 0) is 12.0 Å². The van der Waals surface area contributed by atoms with Crippen LogP contribution in [0.15, 0.2) is 115 Å². The summed E-state index contributed by atoms with van der Waals surface area (Å²) in [6, 6.07) is 37.4. The third-order valence-electron chi connectivity index (χ3n) is 11.6. The number of nitrogens with zero attached hydrogens (tertiary/aromatic N) is 2. The summed E-state index contributed by atoms with van der Waals surface area (Å²) in [6.45, 7) is 0. The van der Waals surface area contributed by atoms with Crippen molar-refractivity contribution in [3.63, 3.8) is 0 Å². The molecule has 10 heteroatoms. The smallest absolute Gasteiger partial charge is 0.143 e. The molecule has 3 aliphatic rings. The van der Waals surface area contributed by atoms with Gasteiger partial charge in [0.05, 0.1) is 51.2 Å². The minimum Gasteiger partial charge on any atom is -0.497 e. The van der Waals surface area contributed by atoms with E-state index in [-0.39, 0.29) is 6.42 Å². The molecule has 0 spiro atoms. The molecule has 2 unspecified atom stereocenters. The number of ether oxygens (including phenoxy) is 4. The minimum atomic E-state index is -1.78. The Kier molecular flexibility index (Phi) is 8.63. The van der Waals surface area contributed by atoms with Crippen LogP contribution in [0.3, 0.4) is 0 Å². The molecule has 0 radical (unpaired) electrons. The van der Waals surface area contributed by atoms with Crippen LogP contribution in [0.5, 0.6) is 23.0 Å². The SMILES string of the molecule is COc1ccc(-c2c3nc(c(-c4ccc(OC)cc4)c4ccc([nH]4)c4c5nc(c(-c6ccc(OC)cc6)c6ccc2[nH]6)CC5(O)C(O)c2cc(OC)ccc2-4)C=C3)cc1. The molecule has 4 N–H and O–H groups in total. The molecule has 4 aromatic carbocycles. The van der Waals surface area contributed by atoms with Crippen molar-refractivity contribution < 1.29 is 29.2 Å². The molecular formula is C49H40N4O6. The molecule has 2 aliphatic heterocycles. The van der Waals surface area contributed by atoms with E-state index >= 15 is 0 Å². The van der Waals surface area contributed by atoms with Crippen LogP contribution in [0, 0.1) is 0 Å². The summed E-state index contributed by atoms with van der Waals surface area (Å²) in [5.41, 5.74) is 11.1. The number of methoxy groups -OCH3 is 4. The first-order chi connectivity index (χ1) is 28.8. The van der Waals surface area contributed by atoms with E-state index in [2.05, 4.69) is 22.1 Å². The zero-order valence-electron chi connectivity index (χ0n) is 32.8. The maximum absolute atomic E-state index is 12.9. The Labute approximate surface area is 340 Å². The summed E-state index contributed by atoms with van der Waals surface area (Å²) in [7, 11) is 6.53. The minimum absolute atomic E-state index is 0.0403. The van der Waals surface area contributed by atoms with Gasteiger partial charge in [0, 0.05) is 50.7 Å². The fourth-order valence-electron chi connectivity index (χ4n) is 8.68. The van der Waals surface area contributed by atoms with Crippen LogP contribution in [-0.4, -0.2) is 58.6 Å². The molecule has 59 heavy (non-hydrogen) atoms. The van der Waals surface area contributed by atoms with Gasteiger partial charge in [0.2, 0.25) is 0 Å². The van der Waals surface area contributed by atoms with Crippen molar-refractivity contribution in [2.24, 2.45) is 0 Å². The van der Waals surface area contributed by atoms with Crippen LogP contribution in [0.25, 0.3) is 78.7 Å². The van der Waals surface area contributed by atoms with E-state index in [1.54, 1.807) is 34.5 Å². The molecule has 5 heterocycles. The van der Waals surface area contributed by atoms with Crippen molar-refractivity contribution in [3.05, 3.63) is 144 Å². The second-order valence-corrected chi connectivity index (χ2v) is 14.8. The van der Waals surface area contributed by atoms with Crippen molar-refractivity contribution in [1.82, 2.24) is 19.9 Å². The summed E-state index contributed by atoms with van der Waals surface area (Å²) in [5.74, 6) is 2.76. The summed E-state index contributed by atoms with van der Waals surface area (Å²) < 4.78 is 22.2. The molecule has 0 amide bonds.